The quantitative estimate of drug-likeness (QED) is 0.866. The largest absolute Gasteiger partial charge is 0.398 e. The highest BCUT2D eigenvalue weighted by molar-refractivity contribution is 6.00. The third kappa shape index (κ3) is 3.05. The zero-order chi connectivity index (χ0) is 18.1. The van der Waals surface area contributed by atoms with E-state index in [1.165, 1.54) is 0 Å². The summed E-state index contributed by atoms with van der Waals surface area (Å²) >= 11 is 0. The zero-order valence-corrected chi connectivity index (χ0v) is 14.7. The number of anilines is 2. The Morgan fingerprint density at radius 3 is 2.73 bits per heavy atom. The zero-order valence-electron chi connectivity index (χ0n) is 14.7. The fourth-order valence-electron chi connectivity index (χ4n) is 4.00. The Bertz CT molecular complexity index is 834. The van der Waals surface area contributed by atoms with E-state index in [9.17, 15) is 9.59 Å². The summed E-state index contributed by atoms with van der Waals surface area (Å²) in [6.45, 7) is 1.74. The Morgan fingerprint density at radius 1 is 1.12 bits per heavy atom. The van der Waals surface area contributed by atoms with Crippen molar-refractivity contribution in [2.75, 3.05) is 23.7 Å². The van der Waals surface area contributed by atoms with Crippen molar-refractivity contribution in [1.82, 2.24) is 4.90 Å². The van der Waals surface area contributed by atoms with Crippen molar-refractivity contribution in [2.45, 2.75) is 25.8 Å². The van der Waals surface area contributed by atoms with Crippen molar-refractivity contribution in [2.24, 2.45) is 5.92 Å². The second-order valence-electron chi connectivity index (χ2n) is 7.10. The molecule has 1 unspecified atom stereocenters. The molecule has 2 heterocycles. The first-order chi connectivity index (χ1) is 12.6. The van der Waals surface area contributed by atoms with Gasteiger partial charge >= 0.3 is 0 Å². The molecule has 2 N–H and O–H groups in total. The number of nitrogens with two attached hydrogens (primary N) is 1. The molecule has 0 bridgehead atoms. The van der Waals surface area contributed by atoms with Gasteiger partial charge in [-0.2, -0.15) is 0 Å². The van der Waals surface area contributed by atoms with Crippen molar-refractivity contribution in [1.29, 1.82) is 0 Å². The maximum Gasteiger partial charge on any atom is 0.232 e. The monoisotopic (exact) mass is 349 g/mol. The average molecular weight is 349 g/mol. The van der Waals surface area contributed by atoms with Crippen molar-refractivity contribution >= 4 is 23.2 Å². The fraction of sp³-hybridized carbons (Fsp3) is 0.333. The molecule has 0 saturated carbocycles. The van der Waals surface area contributed by atoms with E-state index < -0.39 is 0 Å². The number of likely N-dealkylation sites (tertiary alicyclic amines) is 1. The van der Waals surface area contributed by atoms with E-state index in [0.29, 0.717) is 26.1 Å². The van der Waals surface area contributed by atoms with Crippen LogP contribution in [0, 0.1) is 5.92 Å². The molecule has 2 aliphatic heterocycles. The van der Waals surface area contributed by atoms with E-state index in [1.807, 2.05) is 53.4 Å². The van der Waals surface area contributed by atoms with Crippen LogP contribution in [0.5, 0.6) is 0 Å². The van der Waals surface area contributed by atoms with Crippen LogP contribution in [0.3, 0.4) is 0 Å². The molecular formula is C21H23N3O2. The Morgan fingerprint density at radius 2 is 1.92 bits per heavy atom. The molecule has 1 atom stereocenters. The summed E-state index contributed by atoms with van der Waals surface area (Å²) < 4.78 is 0. The van der Waals surface area contributed by atoms with Gasteiger partial charge in [0.1, 0.15) is 0 Å². The molecule has 0 aliphatic carbocycles. The van der Waals surface area contributed by atoms with Crippen LogP contribution < -0.4 is 10.6 Å². The normalized spacial score (nSPS) is 19.5. The van der Waals surface area contributed by atoms with Crippen LogP contribution in [0.25, 0.3) is 0 Å². The Balaban J connectivity index is 1.50. The third-order valence-corrected chi connectivity index (χ3v) is 5.33. The van der Waals surface area contributed by atoms with Gasteiger partial charge in [0.25, 0.3) is 0 Å². The van der Waals surface area contributed by atoms with Gasteiger partial charge in [-0.3, -0.25) is 9.59 Å². The number of hydrogen-bond donors (Lipinski definition) is 1. The van der Waals surface area contributed by atoms with Crippen LogP contribution in [-0.4, -0.2) is 29.8 Å². The lowest BCUT2D eigenvalue weighted by atomic mass is 9.97. The van der Waals surface area contributed by atoms with Crippen molar-refractivity contribution in [3.05, 3.63) is 59.7 Å². The Labute approximate surface area is 153 Å². The number of amides is 2. The lowest BCUT2D eigenvalue weighted by Gasteiger charge is -2.32. The summed E-state index contributed by atoms with van der Waals surface area (Å²) in [7, 11) is 0. The van der Waals surface area contributed by atoms with Gasteiger partial charge in [-0.25, -0.2) is 0 Å². The number of carbonyl (C=O) groups is 2. The maximum absolute atomic E-state index is 13.1. The highest BCUT2D eigenvalue weighted by Crippen LogP contribution is 2.33. The van der Waals surface area contributed by atoms with Gasteiger partial charge in [0.2, 0.25) is 11.8 Å². The number of fused-ring (bicyclic) bond motifs is 1. The second-order valence-corrected chi connectivity index (χ2v) is 7.10. The molecular weight excluding hydrogens is 326 g/mol. The van der Waals surface area contributed by atoms with E-state index in [1.54, 1.807) is 4.90 Å². The van der Waals surface area contributed by atoms with Gasteiger partial charge in [0.15, 0.2) is 0 Å². The van der Waals surface area contributed by atoms with E-state index in [0.717, 1.165) is 35.3 Å². The van der Waals surface area contributed by atoms with Gasteiger partial charge < -0.3 is 15.5 Å². The predicted molar refractivity (Wildman–Crippen MR) is 101 cm³/mol. The summed E-state index contributed by atoms with van der Waals surface area (Å²) in [5.74, 6) is -0.184. The van der Waals surface area contributed by atoms with Crippen LogP contribution in [0.1, 0.15) is 24.0 Å². The number of rotatable bonds is 3. The molecule has 5 nitrogen and oxygen atoms in total. The minimum atomic E-state index is -0.279. The van der Waals surface area contributed by atoms with Crippen molar-refractivity contribution in [3.8, 4) is 0 Å². The molecule has 0 spiro atoms. The molecule has 4 rings (SSSR count). The van der Waals surface area contributed by atoms with E-state index >= 15 is 0 Å². The molecule has 0 aromatic heterocycles. The van der Waals surface area contributed by atoms with Crippen molar-refractivity contribution in [3.63, 3.8) is 0 Å². The Hall–Kier alpha value is -2.82. The molecule has 134 valence electrons. The summed E-state index contributed by atoms with van der Waals surface area (Å²) in [5, 5.41) is 0. The summed E-state index contributed by atoms with van der Waals surface area (Å²) in [4.78, 5) is 29.2. The molecule has 2 aromatic rings. The van der Waals surface area contributed by atoms with Gasteiger partial charge in [0.05, 0.1) is 5.92 Å². The average Bonchev–Trinajstić information content (AvgIpc) is 3.02. The highest BCUT2D eigenvalue weighted by atomic mass is 16.2. The van der Waals surface area contributed by atoms with Crippen molar-refractivity contribution < 1.29 is 9.59 Å². The predicted octanol–water partition coefficient (Wildman–Crippen LogP) is 2.60. The van der Waals surface area contributed by atoms with Gasteiger partial charge in [-0.1, -0.05) is 36.4 Å². The molecule has 0 radical (unpaired) electrons. The third-order valence-electron chi connectivity index (χ3n) is 5.33. The molecule has 2 aromatic carbocycles. The minimum Gasteiger partial charge on any atom is -0.398 e. The number of nitrogens with zero attached hydrogens (tertiary/aromatic N) is 2. The topological polar surface area (TPSA) is 66.6 Å². The molecule has 1 fully saturated rings. The lowest BCUT2D eigenvalue weighted by Crippen LogP contribution is -2.40. The first-order valence-corrected chi connectivity index (χ1v) is 9.14. The highest BCUT2D eigenvalue weighted by Gasteiger charge is 2.38. The fourth-order valence-corrected chi connectivity index (χ4v) is 4.00. The number of benzene rings is 2. The summed E-state index contributed by atoms with van der Waals surface area (Å²) in [5.41, 5.74) is 9.88. The van der Waals surface area contributed by atoms with Crippen LogP contribution in [0.2, 0.25) is 0 Å². The molecule has 2 aliphatic rings. The molecule has 26 heavy (non-hydrogen) atoms. The minimum absolute atomic E-state index is 0.0421. The first kappa shape index (κ1) is 16.6. The maximum atomic E-state index is 13.1. The van der Waals surface area contributed by atoms with E-state index in [2.05, 4.69) is 0 Å². The van der Waals surface area contributed by atoms with Crippen LogP contribution in [-0.2, 0) is 22.6 Å². The SMILES string of the molecule is Nc1cccc2c1CCCN2C(=O)C1CC(=O)N(Cc2ccccc2)C1. The smallest absolute Gasteiger partial charge is 0.232 e. The van der Waals surface area contributed by atoms with Crippen LogP contribution in [0.4, 0.5) is 11.4 Å². The summed E-state index contributed by atoms with van der Waals surface area (Å²) in [6.07, 6.45) is 2.09. The molecule has 2 amide bonds. The van der Waals surface area contributed by atoms with Crippen LogP contribution in [0.15, 0.2) is 48.5 Å². The van der Waals surface area contributed by atoms with E-state index in [-0.39, 0.29) is 17.7 Å². The van der Waals surface area contributed by atoms with Gasteiger partial charge in [0, 0.05) is 37.4 Å². The second kappa shape index (κ2) is 6.83. The van der Waals surface area contributed by atoms with E-state index in [4.69, 9.17) is 5.73 Å². The number of hydrogen-bond acceptors (Lipinski definition) is 3. The molecule has 1 saturated heterocycles. The lowest BCUT2D eigenvalue weighted by molar-refractivity contribution is -0.128. The number of nitrogen functional groups attached to an aromatic ring is 1. The first-order valence-electron chi connectivity index (χ1n) is 9.14. The standard InChI is InChI=1S/C21H23N3O2/c22-18-9-4-10-19-17(18)8-5-11-24(19)21(26)16-12-20(25)23(14-16)13-15-6-2-1-3-7-15/h1-4,6-7,9-10,16H,5,8,11-14,22H2. The van der Waals surface area contributed by atoms with Crippen LogP contribution >= 0.6 is 0 Å². The van der Waals surface area contributed by atoms with Gasteiger partial charge in [-0.05, 0) is 36.1 Å². The number of carbonyl (C=O) groups excluding carboxylic acids is 2. The summed E-state index contributed by atoms with van der Waals surface area (Å²) in [6, 6.07) is 15.6. The molecule has 5 heteroatoms. The Kier molecular flexibility index (Phi) is 4.37. The van der Waals surface area contributed by atoms with Gasteiger partial charge in [-0.15, -0.1) is 0 Å².